The van der Waals surface area contributed by atoms with Gasteiger partial charge in [-0.1, -0.05) is 24.3 Å². The van der Waals surface area contributed by atoms with Crippen molar-refractivity contribution in [2.24, 2.45) is 0 Å². The minimum absolute atomic E-state index is 0.274. The molecule has 0 aromatic heterocycles. The third-order valence-corrected chi connectivity index (χ3v) is 4.91. The summed E-state index contributed by atoms with van der Waals surface area (Å²) in [6, 6.07) is 13.4. The molecule has 0 spiro atoms. The lowest BCUT2D eigenvalue weighted by Gasteiger charge is -1.95. The van der Waals surface area contributed by atoms with E-state index in [2.05, 4.69) is 0 Å². The molecule has 0 N–H and O–H groups in total. The van der Waals surface area contributed by atoms with E-state index in [1.165, 1.54) is 6.07 Å². The van der Waals surface area contributed by atoms with Crippen molar-refractivity contribution < 1.29 is 8.78 Å². The molecule has 1 atom stereocenters. The first-order valence-electron chi connectivity index (χ1n) is 4.66. The summed E-state index contributed by atoms with van der Waals surface area (Å²) in [6.07, 6.45) is 0. The maximum absolute atomic E-state index is 13.5. The summed E-state index contributed by atoms with van der Waals surface area (Å²) in [5.41, 5.74) is 0. The van der Waals surface area contributed by atoms with Crippen LogP contribution >= 0.6 is 6.70 Å². The summed E-state index contributed by atoms with van der Waals surface area (Å²) in [6.45, 7) is -1.24. The summed E-state index contributed by atoms with van der Waals surface area (Å²) < 4.78 is 26.6. The zero-order valence-corrected chi connectivity index (χ0v) is 9.94. The van der Waals surface area contributed by atoms with Crippen LogP contribution in [0, 0.1) is 11.6 Å². The van der Waals surface area contributed by atoms with Gasteiger partial charge in [-0.05, 0) is 24.3 Å². The fraction of sp³-hybridized carbons (Fsp3) is 0. The molecule has 0 fully saturated rings. The van der Waals surface area contributed by atoms with Crippen LogP contribution in [-0.4, -0.2) is 0 Å². The molecule has 0 aliphatic rings. The summed E-state index contributed by atoms with van der Waals surface area (Å²) in [7, 11) is 0. The molecule has 0 amide bonds. The predicted octanol–water partition coefficient (Wildman–Crippen LogP) is 2.86. The van der Waals surface area contributed by atoms with Gasteiger partial charge in [-0.25, -0.2) is 4.39 Å². The smallest absolute Gasteiger partial charge is 0.204 e. The zero-order valence-electron chi connectivity index (χ0n) is 8.23. The Morgan fingerprint density at radius 2 is 1.56 bits per heavy atom. The average molecular weight is 253 g/mol. The molecule has 16 heavy (non-hydrogen) atoms. The van der Waals surface area contributed by atoms with Gasteiger partial charge in [-0.3, -0.25) is 0 Å². The third-order valence-electron chi connectivity index (χ3n) is 2.14. The molecule has 2 rings (SSSR count). The van der Waals surface area contributed by atoms with Crippen LogP contribution in [-0.2, 0) is 11.8 Å². The number of rotatable bonds is 2. The zero-order chi connectivity index (χ0) is 11.5. The maximum atomic E-state index is 13.5. The Labute approximate surface area is 98.4 Å². The quantitative estimate of drug-likeness (QED) is 0.742. The van der Waals surface area contributed by atoms with Crippen molar-refractivity contribution in [3.8, 4) is 0 Å². The van der Waals surface area contributed by atoms with E-state index in [4.69, 9.17) is 11.8 Å². The van der Waals surface area contributed by atoms with Crippen LogP contribution in [0.4, 0.5) is 8.78 Å². The highest BCUT2D eigenvalue weighted by Gasteiger charge is 2.24. The van der Waals surface area contributed by atoms with Crippen molar-refractivity contribution in [1.29, 1.82) is 0 Å². The van der Waals surface area contributed by atoms with Gasteiger partial charge in [-0.15, -0.1) is 0 Å². The molecule has 0 heterocycles. The van der Waals surface area contributed by atoms with Crippen LogP contribution in [0.5, 0.6) is 0 Å². The van der Waals surface area contributed by atoms with Gasteiger partial charge in [0.25, 0.3) is 6.70 Å². The van der Waals surface area contributed by atoms with Crippen molar-refractivity contribution in [3.05, 3.63) is 60.2 Å². The van der Waals surface area contributed by atoms with Gasteiger partial charge in [-0.2, -0.15) is 4.39 Å². The van der Waals surface area contributed by atoms with E-state index < -0.39 is 18.3 Å². The minimum Gasteiger partial charge on any atom is -0.204 e. The molecule has 2 aromatic carbocycles. The second-order valence-electron chi connectivity index (χ2n) is 3.20. The monoisotopic (exact) mass is 253 g/mol. The molecular formula is C12H8F2PS+. The highest BCUT2D eigenvalue weighted by Crippen LogP contribution is 2.22. The number of hydrogen-bond donors (Lipinski definition) is 0. The molecule has 4 heteroatoms. The van der Waals surface area contributed by atoms with Crippen molar-refractivity contribution in [3.63, 3.8) is 0 Å². The molecule has 0 aliphatic carbocycles. The lowest BCUT2D eigenvalue weighted by Crippen LogP contribution is -2.11. The molecule has 0 saturated carbocycles. The highest BCUT2D eigenvalue weighted by molar-refractivity contribution is 8.12. The third kappa shape index (κ3) is 2.16. The van der Waals surface area contributed by atoms with Crippen molar-refractivity contribution in [2.45, 2.75) is 0 Å². The Hall–Kier alpha value is -1.18. The predicted molar refractivity (Wildman–Crippen MR) is 66.4 cm³/mol. The van der Waals surface area contributed by atoms with E-state index in [-0.39, 0.29) is 5.30 Å². The minimum atomic E-state index is -1.24. The Balaban J connectivity index is 2.46. The lowest BCUT2D eigenvalue weighted by molar-refractivity contribution is 0.514. The lowest BCUT2D eigenvalue weighted by atomic mass is 10.3. The van der Waals surface area contributed by atoms with E-state index in [0.29, 0.717) is 0 Å². The SMILES string of the molecule is Fc1cccc([P+](=S)c2ccccc2)c1F. The van der Waals surface area contributed by atoms with Crippen LogP contribution in [0.1, 0.15) is 0 Å². The normalized spacial score (nSPS) is 11.2. The number of hydrogen-bond acceptors (Lipinski definition) is 1. The molecule has 0 saturated heterocycles. The van der Waals surface area contributed by atoms with Crippen molar-refractivity contribution in [2.75, 3.05) is 0 Å². The standard InChI is InChI=1S/C12H8F2PS/c13-10-7-4-8-11(12(10)14)15(16)9-5-2-1-3-6-9/h1-8H/q+1. The maximum Gasteiger partial charge on any atom is 0.253 e. The van der Waals surface area contributed by atoms with Gasteiger partial charge in [0.15, 0.2) is 22.9 Å². The van der Waals surface area contributed by atoms with E-state index in [1.807, 2.05) is 30.3 Å². The van der Waals surface area contributed by atoms with E-state index >= 15 is 0 Å². The van der Waals surface area contributed by atoms with Gasteiger partial charge in [0.1, 0.15) is 0 Å². The van der Waals surface area contributed by atoms with Crippen LogP contribution in [0.25, 0.3) is 0 Å². The molecule has 0 nitrogen and oxygen atoms in total. The first-order chi connectivity index (χ1) is 7.70. The molecule has 0 aliphatic heterocycles. The Kier molecular flexibility index (Phi) is 3.37. The molecular weight excluding hydrogens is 245 g/mol. The fourth-order valence-corrected chi connectivity index (χ4v) is 3.37. The fourth-order valence-electron chi connectivity index (χ4n) is 1.35. The van der Waals surface area contributed by atoms with E-state index in [1.54, 1.807) is 6.07 Å². The van der Waals surface area contributed by atoms with Crippen LogP contribution in [0.3, 0.4) is 0 Å². The van der Waals surface area contributed by atoms with Crippen LogP contribution in [0.15, 0.2) is 48.5 Å². The van der Waals surface area contributed by atoms with Gasteiger partial charge in [0, 0.05) is 0 Å². The van der Waals surface area contributed by atoms with Crippen LogP contribution in [0.2, 0.25) is 0 Å². The second-order valence-corrected chi connectivity index (χ2v) is 5.89. The molecule has 1 unspecified atom stereocenters. The second kappa shape index (κ2) is 4.77. The number of benzene rings is 2. The first kappa shape index (κ1) is 11.3. The Morgan fingerprint density at radius 1 is 0.875 bits per heavy atom. The molecule has 0 radical (unpaired) electrons. The van der Waals surface area contributed by atoms with Crippen LogP contribution < -0.4 is 10.6 Å². The molecule has 2 aromatic rings. The van der Waals surface area contributed by atoms with Crippen molar-refractivity contribution >= 4 is 29.1 Å². The average Bonchev–Trinajstić information content (AvgIpc) is 2.33. The van der Waals surface area contributed by atoms with E-state index in [0.717, 1.165) is 11.4 Å². The summed E-state index contributed by atoms with van der Waals surface area (Å²) in [4.78, 5) is 0. The largest absolute Gasteiger partial charge is 0.253 e. The van der Waals surface area contributed by atoms with Gasteiger partial charge >= 0.3 is 0 Å². The Morgan fingerprint density at radius 3 is 2.25 bits per heavy atom. The van der Waals surface area contributed by atoms with E-state index in [9.17, 15) is 8.78 Å². The Bertz CT molecular complexity index is 526. The summed E-state index contributed by atoms with van der Waals surface area (Å²) in [5.74, 6) is -1.67. The molecule has 80 valence electrons. The molecule has 0 bridgehead atoms. The summed E-state index contributed by atoms with van der Waals surface area (Å²) in [5, 5.41) is 1.13. The topological polar surface area (TPSA) is 0 Å². The highest BCUT2D eigenvalue weighted by atomic mass is 32.4. The summed E-state index contributed by atoms with van der Waals surface area (Å²) >= 11 is 5.28. The van der Waals surface area contributed by atoms with Gasteiger partial charge in [0.2, 0.25) is 11.1 Å². The first-order valence-corrected chi connectivity index (χ1v) is 7.02. The van der Waals surface area contributed by atoms with Gasteiger partial charge in [0.05, 0.1) is 0 Å². The van der Waals surface area contributed by atoms with Crippen molar-refractivity contribution in [1.82, 2.24) is 0 Å². The number of halogens is 2. The van der Waals surface area contributed by atoms with Gasteiger partial charge < -0.3 is 0 Å².